The molecular weight excluding hydrogens is 300 g/mol. The van der Waals surface area contributed by atoms with Gasteiger partial charge in [0, 0.05) is 12.1 Å². The van der Waals surface area contributed by atoms with Crippen LogP contribution in [0.2, 0.25) is 0 Å². The Morgan fingerprint density at radius 2 is 1.79 bits per heavy atom. The maximum atomic E-state index is 5.45. The first kappa shape index (κ1) is 16.4. The van der Waals surface area contributed by atoms with Crippen LogP contribution in [-0.2, 0) is 6.54 Å². The van der Waals surface area contributed by atoms with Crippen molar-refractivity contribution in [1.82, 2.24) is 9.55 Å². The van der Waals surface area contributed by atoms with Gasteiger partial charge in [0.25, 0.3) is 0 Å². The van der Waals surface area contributed by atoms with E-state index in [1.54, 1.807) is 14.2 Å². The summed E-state index contributed by atoms with van der Waals surface area (Å²) in [7, 11) is 3.31. The second-order valence-electron chi connectivity index (χ2n) is 6.12. The molecule has 24 heavy (non-hydrogen) atoms. The third kappa shape index (κ3) is 2.96. The van der Waals surface area contributed by atoms with Crippen molar-refractivity contribution in [1.29, 1.82) is 0 Å². The topological polar surface area (TPSA) is 36.3 Å². The van der Waals surface area contributed by atoms with Crippen LogP contribution in [0.5, 0.6) is 11.5 Å². The summed E-state index contributed by atoms with van der Waals surface area (Å²) < 4.78 is 13.1. The molecule has 0 N–H and O–H groups in total. The Bertz CT molecular complexity index is 839. The van der Waals surface area contributed by atoms with Crippen LogP contribution in [0.4, 0.5) is 0 Å². The molecule has 1 atom stereocenters. The fraction of sp³-hybridized carbons (Fsp3) is 0.350. The number of rotatable bonds is 6. The van der Waals surface area contributed by atoms with Crippen LogP contribution in [-0.4, -0.2) is 23.8 Å². The van der Waals surface area contributed by atoms with Crippen molar-refractivity contribution in [2.24, 2.45) is 5.92 Å². The number of methoxy groups -OCH3 is 2. The Morgan fingerprint density at radius 3 is 2.50 bits per heavy atom. The van der Waals surface area contributed by atoms with Crippen molar-refractivity contribution in [3.63, 3.8) is 0 Å². The molecule has 126 valence electrons. The van der Waals surface area contributed by atoms with Crippen molar-refractivity contribution in [3.05, 3.63) is 42.5 Å². The average Bonchev–Trinajstić information content (AvgIpc) is 2.99. The van der Waals surface area contributed by atoms with Gasteiger partial charge in [-0.15, -0.1) is 0 Å². The molecule has 0 bridgehead atoms. The summed E-state index contributed by atoms with van der Waals surface area (Å²) in [6, 6.07) is 14.3. The highest BCUT2D eigenvalue weighted by molar-refractivity contribution is 5.81. The molecule has 0 fully saturated rings. The van der Waals surface area contributed by atoms with Crippen LogP contribution in [0.1, 0.15) is 20.3 Å². The number of fused-ring (bicyclic) bond motifs is 1. The zero-order valence-electron chi connectivity index (χ0n) is 14.7. The number of ether oxygens (including phenoxy) is 2. The quantitative estimate of drug-likeness (QED) is 0.655. The molecule has 2 aromatic carbocycles. The smallest absolute Gasteiger partial charge is 0.161 e. The van der Waals surface area contributed by atoms with E-state index >= 15 is 0 Å². The minimum absolute atomic E-state index is 0.585. The van der Waals surface area contributed by atoms with Gasteiger partial charge >= 0.3 is 0 Å². The van der Waals surface area contributed by atoms with E-state index in [1.807, 2.05) is 24.3 Å². The van der Waals surface area contributed by atoms with Crippen LogP contribution >= 0.6 is 0 Å². The van der Waals surface area contributed by atoms with Gasteiger partial charge in [0.2, 0.25) is 0 Å². The Morgan fingerprint density at radius 1 is 1.04 bits per heavy atom. The van der Waals surface area contributed by atoms with Gasteiger partial charge in [-0.3, -0.25) is 0 Å². The first-order valence-corrected chi connectivity index (χ1v) is 8.35. The van der Waals surface area contributed by atoms with Crippen LogP contribution in [0.25, 0.3) is 22.4 Å². The summed E-state index contributed by atoms with van der Waals surface area (Å²) in [6.45, 7) is 5.44. The van der Waals surface area contributed by atoms with Crippen LogP contribution in [0, 0.1) is 5.92 Å². The lowest BCUT2D eigenvalue weighted by Crippen LogP contribution is -2.08. The van der Waals surface area contributed by atoms with E-state index in [0.29, 0.717) is 5.92 Å². The minimum Gasteiger partial charge on any atom is -0.493 e. The molecule has 0 aliphatic rings. The highest BCUT2D eigenvalue weighted by Gasteiger charge is 2.16. The van der Waals surface area contributed by atoms with E-state index in [1.165, 1.54) is 5.52 Å². The Kier molecular flexibility index (Phi) is 4.74. The molecule has 0 spiro atoms. The van der Waals surface area contributed by atoms with E-state index in [4.69, 9.17) is 14.5 Å². The monoisotopic (exact) mass is 324 g/mol. The van der Waals surface area contributed by atoms with Gasteiger partial charge in [0.05, 0.1) is 25.3 Å². The summed E-state index contributed by atoms with van der Waals surface area (Å²) in [6.07, 6.45) is 1.14. The van der Waals surface area contributed by atoms with Crippen molar-refractivity contribution < 1.29 is 9.47 Å². The lowest BCUT2D eigenvalue weighted by atomic mass is 10.1. The summed E-state index contributed by atoms with van der Waals surface area (Å²) in [4.78, 5) is 4.87. The molecule has 0 aliphatic carbocycles. The number of nitrogens with zero attached hydrogens (tertiary/aromatic N) is 2. The number of benzene rings is 2. The SMILES string of the molecule is CC[C@@H](C)Cn1c(-c2ccc(OC)c(OC)c2)nc2ccccc21. The van der Waals surface area contributed by atoms with E-state index in [-0.39, 0.29) is 0 Å². The maximum Gasteiger partial charge on any atom is 0.161 e. The molecule has 4 nitrogen and oxygen atoms in total. The van der Waals surface area contributed by atoms with Crippen LogP contribution < -0.4 is 9.47 Å². The summed E-state index contributed by atoms with van der Waals surface area (Å²) >= 11 is 0. The van der Waals surface area contributed by atoms with Gasteiger partial charge < -0.3 is 14.0 Å². The zero-order valence-corrected chi connectivity index (χ0v) is 14.7. The van der Waals surface area contributed by atoms with Gasteiger partial charge in [-0.2, -0.15) is 0 Å². The first-order valence-electron chi connectivity index (χ1n) is 8.35. The van der Waals surface area contributed by atoms with E-state index in [2.05, 4.69) is 36.6 Å². The second kappa shape index (κ2) is 6.95. The number of para-hydroxylation sites is 2. The molecule has 1 heterocycles. The molecular formula is C20H24N2O2. The van der Waals surface area contributed by atoms with Crippen molar-refractivity contribution in [3.8, 4) is 22.9 Å². The summed E-state index contributed by atoms with van der Waals surface area (Å²) in [5.74, 6) is 3.00. The third-order valence-electron chi connectivity index (χ3n) is 4.49. The molecule has 4 heteroatoms. The number of hydrogen-bond acceptors (Lipinski definition) is 3. The molecule has 0 unspecified atom stereocenters. The van der Waals surface area contributed by atoms with E-state index in [9.17, 15) is 0 Å². The number of hydrogen-bond donors (Lipinski definition) is 0. The minimum atomic E-state index is 0.585. The predicted octanol–water partition coefficient (Wildman–Crippen LogP) is 4.77. The molecule has 0 radical (unpaired) electrons. The van der Waals surface area contributed by atoms with E-state index < -0.39 is 0 Å². The number of aromatic nitrogens is 2. The second-order valence-corrected chi connectivity index (χ2v) is 6.12. The summed E-state index contributed by atoms with van der Waals surface area (Å²) in [5, 5.41) is 0. The molecule has 3 aromatic rings. The highest BCUT2D eigenvalue weighted by Crippen LogP contribution is 2.33. The van der Waals surface area contributed by atoms with Gasteiger partial charge in [-0.25, -0.2) is 4.98 Å². The van der Waals surface area contributed by atoms with Gasteiger partial charge in [-0.05, 0) is 36.2 Å². The molecule has 0 amide bonds. The molecule has 3 rings (SSSR count). The largest absolute Gasteiger partial charge is 0.493 e. The Hall–Kier alpha value is -2.49. The molecule has 0 aliphatic heterocycles. The Labute approximate surface area is 143 Å². The van der Waals surface area contributed by atoms with Gasteiger partial charge in [0.15, 0.2) is 11.5 Å². The molecule has 0 saturated carbocycles. The predicted molar refractivity (Wildman–Crippen MR) is 97.7 cm³/mol. The first-order chi connectivity index (χ1) is 11.7. The molecule has 1 aromatic heterocycles. The van der Waals surface area contributed by atoms with Crippen LogP contribution in [0.15, 0.2) is 42.5 Å². The maximum absolute atomic E-state index is 5.45. The lowest BCUT2D eigenvalue weighted by molar-refractivity contribution is 0.355. The average molecular weight is 324 g/mol. The van der Waals surface area contributed by atoms with Crippen LogP contribution in [0.3, 0.4) is 0 Å². The van der Waals surface area contributed by atoms with Crippen molar-refractivity contribution in [2.75, 3.05) is 14.2 Å². The lowest BCUT2D eigenvalue weighted by Gasteiger charge is -2.15. The van der Waals surface area contributed by atoms with Gasteiger partial charge in [0.1, 0.15) is 5.82 Å². The molecule has 0 saturated heterocycles. The normalized spacial score (nSPS) is 12.3. The standard InChI is InChI=1S/C20H24N2O2/c1-5-14(2)13-22-17-9-7-6-8-16(17)21-20(22)15-10-11-18(23-3)19(12-15)24-4/h6-12,14H,5,13H2,1-4H3/t14-/m1/s1. The third-order valence-corrected chi connectivity index (χ3v) is 4.49. The van der Waals surface area contributed by atoms with Gasteiger partial charge in [-0.1, -0.05) is 32.4 Å². The highest BCUT2D eigenvalue weighted by atomic mass is 16.5. The van der Waals surface area contributed by atoms with Crippen molar-refractivity contribution in [2.45, 2.75) is 26.8 Å². The van der Waals surface area contributed by atoms with Crippen molar-refractivity contribution >= 4 is 11.0 Å². The zero-order chi connectivity index (χ0) is 17.1. The summed E-state index contributed by atoms with van der Waals surface area (Å²) in [5.41, 5.74) is 3.22. The fourth-order valence-electron chi connectivity index (χ4n) is 2.90. The number of imidazole rings is 1. The Balaban J connectivity index is 2.16. The fourth-order valence-corrected chi connectivity index (χ4v) is 2.90. The van der Waals surface area contributed by atoms with E-state index in [0.717, 1.165) is 41.4 Å².